The summed E-state index contributed by atoms with van der Waals surface area (Å²) in [6.07, 6.45) is 0.284. The van der Waals surface area contributed by atoms with Crippen LogP contribution in [0.3, 0.4) is 0 Å². The second kappa shape index (κ2) is 5.14. The van der Waals surface area contributed by atoms with Crippen molar-refractivity contribution in [2.24, 2.45) is 0 Å². The Morgan fingerprint density at radius 1 is 1.26 bits per heavy atom. The number of aryl methyl sites for hydroxylation is 1. The first kappa shape index (κ1) is 13.1. The lowest BCUT2D eigenvalue weighted by atomic mass is 10.2. The molecule has 19 heavy (non-hydrogen) atoms. The van der Waals surface area contributed by atoms with Gasteiger partial charge in [0.25, 0.3) is 0 Å². The second-order valence-electron chi connectivity index (χ2n) is 4.58. The second-order valence-corrected chi connectivity index (χ2v) is 4.58. The van der Waals surface area contributed by atoms with Gasteiger partial charge in [0, 0.05) is 38.0 Å². The number of para-hydroxylation sites is 1. The normalized spacial score (nSPS) is 10.6. The standard InChI is InChI=1S/C14H16N2O3/c1-15(2)13(17)7-8-16-11-6-4-3-5-10(11)9-12(16)14(18)19/h3-6,9H,7-8H2,1-2H3,(H,18,19). The molecule has 0 radical (unpaired) electrons. The highest BCUT2D eigenvalue weighted by atomic mass is 16.4. The summed E-state index contributed by atoms with van der Waals surface area (Å²) in [5, 5.41) is 10.1. The predicted molar refractivity (Wildman–Crippen MR) is 72.2 cm³/mol. The van der Waals surface area contributed by atoms with Crippen LogP contribution in [-0.4, -0.2) is 40.5 Å². The fraction of sp³-hybridized carbons (Fsp3) is 0.286. The monoisotopic (exact) mass is 260 g/mol. The molecule has 1 aromatic heterocycles. The van der Waals surface area contributed by atoms with Crippen LogP contribution in [0.15, 0.2) is 30.3 Å². The van der Waals surface area contributed by atoms with E-state index in [0.29, 0.717) is 6.54 Å². The molecule has 2 aromatic rings. The molecule has 0 bridgehead atoms. The molecule has 0 saturated heterocycles. The molecule has 0 aliphatic carbocycles. The number of nitrogens with zero attached hydrogens (tertiary/aromatic N) is 2. The van der Waals surface area contributed by atoms with Crippen molar-refractivity contribution in [1.29, 1.82) is 0 Å². The molecule has 1 aromatic carbocycles. The van der Waals surface area contributed by atoms with Gasteiger partial charge in [-0.15, -0.1) is 0 Å². The predicted octanol–water partition coefficient (Wildman–Crippen LogP) is 1.82. The zero-order chi connectivity index (χ0) is 14.0. The third kappa shape index (κ3) is 2.59. The quantitative estimate of drug-likeness (QED) is 0.912. The Morgan fingerprint density at radius 2 is 1.95 bits per heavy atom. The fourth-order valence-corrected chi connectivity index (χ4v) is 2.06. The largest absolute Gasteiger partial charge is 0.477 e. The Bertz CT molecular complexity index is 629. The Kier molecular flexibility index (Phi) is 3.55. The third-order valence-corrected chi connectivity index (χ3v) is 3.08. The minimum absolute atomic E-state index is 0.0193. The number of carbonyl (C=O) groups is 2. The topological polar surface area (TPSA) is 62.5 Å². The van der Waals surface area contributed by atoms with Gasteiger partial charge in [-0.25, -0.2) is 4.79 Å². The van der Waals surface area contributed by atoms with Gasteiger partial charge in [-0.1, -0.05) is 18.2 Å². The molecule has 0 unspecified atom stereocenters. The van der Waals surface area contributed by atoms with Crippen molar-refractivity contribution >= 4 is 22.8 Å². The molecule has 2 rings (SSSR count). The molecule has 1 amide bonds. The number of fused-ring (bicyclic) bond motifs is 1. The first-order chi connectivity index (χ1) is 9.00. The summed E-state index contributed by atoms with van der Waals surface area (Å²) in [5.41, 5.74) is 1.05. The van der Waals surface area contributed by atoms with Crippen LogP contribution in [-0.2, 0) is 11.3 Å². The van der Waals surface area contributed by atoms with Gasteiger partial charge in [0.05, 0.1) is 0 Å². The Morgan fingerprint density at radius 3 is 2.58 bits per heavy atom. The molecule has 1 heterocycles. The molecule has 0 aliphatic heterocycles. The number of hydrogen-bond donors (Lipinski definition) is 1. The first-order valence-electron chi connectivity index (χ1n) is 6.02. The summed E-state index contributed by atoms with van der Waals surface area (Å²) in [6, 6.07) is 9.09. The van der Waals surface area contributed by atoms with Gasteiger partial charge >= 0.3 is 5.97 Å². The molecule has 0 aliphatic rings. The minimum Gasteiger partial charge on any atom is -0.477 e. The molecule has 5 heteroatoms. The van der Waals surface area contributed by atoms with Crippen molar-refractivity contribution in [3.8, 4) is 0 Å². The van der Waals surface area contributed by atoms with E-state index < -0.39 is 5.97 Å². The molecule has 5 nitrogen and oxygen atoms in total. The van der Waals surface area contributed by atoms with Crippen LogP contribution in [0.4, 0.5) is 0 Å². The summed E-state index contributed by atoms with van der Waals surface area (Å²) in [7, 11) is 3.38. The van der Waals surface area contributed by atoms with Crippen molar-refractivity contribution in [3.05, 3.63) is 36.0 Å². The van der Waals surface area contributed by atoms with Gasteiger partial charge < -0.3 is 14.6 Å². The number of carboxylic acids is 1. The SMILES string of the molecule is CN(C)C(=O)CCn1c(C(=O)O)cc2ccccc21. The Hall–Kier alpha value is -2.30. The van der Waals surface area contributed by atoms with E-state index in [2.05, 4.69) is 0 Å². The van der Waals surface area contributed by atoms with E-state index in [9.17, 15) is 14.7 Å². The fourth-order valence-electron chi connectivity index (χ4n) is 2.06. The van der Waals surface area contributed by atoms with E-state index in [1.807, 2.05) is 24.3 Å². The number of aromatic nitrogens is 1. The summed E-state index contributed by atoms with van der Waals surface area (Å²) in [6.45, 7) is 0.367. The molecule has 0 fully saturated rings. The summed E-state index contributed by atoms with van der Waals surface area (Å²) in [5.74, 6) is -0.998. The van der Waals surface area contributed by atoms with Crippen LogP contribution in [0.2, 0.25) is 0 Å². The maximum Gasteiger partial charge on any atom is 0.352 e. The van der Waals surface area contributed by atoms with Gasteiger partial charge in [0.1, 0.15) is 5.69 Å². The van der Waals surface area contributed by atoms with Gasteiger partial charge in [0.15, 0.2) is 0 Å². The molecule has 1 N–H and O–H groups in total. The van der Waals surface area contributed by atoms with Crippen LogP contribution in [0, 0.1) is 0 Å². The van der Waals surface area contributed by atoms with Gasteiger partial charge in [-0.3, -0.25) is 4.79 Å². The van der Waals surface area contributed by atoms with E-state index in [1.165, 1.54) is 4.90 Å². The summed E-state index contributed by atoms with van der Waals surface area (Å²) < 4.78 is 1.68. The molecule has 0 atom stereocenters. The minimum atomic E-state index is -0.978. The van der Waals surface area contributed by atoms with Crippen molar-refractivity contribution in [2.75, 3.05) is 14.1 Å². The maximum atomic E-state index is 11.6. The third-order valence-electron chi connectivity index (χ3n) is 3.08. The van der Waals surface area contributed by atoms with Crippen molar-refractivity contribution < 1.29 is 14.7 Å². The maximum absolute atomic E-state index is 11.6. The zero-order valence-corrected chi connectivity index (χ0v) is 11.0. The number of carbonyl (C=O) groups excluding carboxylic acids is 1. The van der Waals surface area contributed by atoms with Crippen LogP contribution in [0.5, 0.6) is 0 Å². The van der Waals surface area contributed by atoms with Gasteiger partial charge in [-0.05, 0) is 12.1 Å². The van der Waals surface area contributed by atoms with Gasteiger partial charge in [-0.2, -0.15) is 0 Å². The van der Waals surface area contributed by atoms with Crippen molar-refractivity contribution in [3.63, 3.8) is 0 Å². The van der Waals surface area contributed by atoms with Crippen LogP contribution in [0.25, 0.3) is 10.9 Å². The average molecular weight is 260 g/mol. The lowest BCUT2D eigenvalue weighted by Crippen LogP contribution is -2.23. The van der Waals surface area contributed by atoms with E-state index >= 15 is 0 Å². The highest BCUT2D eigenvalue weighted by Gasteiger charge is 2.15. The number of aromatic carboxylic acids is 1. The van der Waals surface area contributed by atoms with Gasteiger partial charge in [0.2, 0.25) is 5.91 Å². The van der Waals surface area contributed by atoms with E-state index in [0.717, 1.165) is 10.9 Å². The van der Waals surface area contributed by atoms with E-state index in [4.69, 9.17) is 0 Å². The molecule has 100 valence electrons. The highest BCUT2D eigenvalue weighted by molar-refractivity contribution is 5.94. The lowest BCUT2D eigenvalue weighted by Gasteiger charge is -2.12. The number of carboxylic acid groups (broad SMARTS) is 1. The molecule has 0 saturated carbocycles. The Labute approximate surface area is 111 Å². The average Bonchev–Trinajstić information content (AvgIpc) is 2.74. The van der Waals surface area contributed by atoms with Crippen LogP contribution < -0.4 is 0 Å². The lowest BCUT2D eigenvalue weighted by molar-refractivity contribution is -0.128. The first-order valence-corrected chi connectivity index (χ1v) is 6.02. The number of benzene rings is 1. The van der Waals surface area contributed by atoms with Crippen molar-refractivity contribution in [1.82, 2.24) is 9.47 Å². The molecular formula is C14H16N2O3. The highest BCUT2D eigenvalue weighted by Crippen LogP contribution is 2.20. The smallest absolute Gasteiger partial charge is 0.352 e. The number of amides is 1. The Balaban J connectivity index is 2.37. The van der Waals surface area contributed by atoms with E-state index in [-0.39, 0.29) is 18.0 Å². The summed E-state index contributed by atoms with van der Waals surface area (Å²) >= 11 is 0. The number of hydrogen-bond acceptors (Lipinski definition) is 2. The molecule has 0 spiro atoms. The zero-order valence-electron chi connectivity index (χ0n) is 11.0. The van der Waals surface area contributed by atoms with Crippen molar-refractivity contribution in [2.45, 2.75) is 13.0 Å². The summed E-state index contributed by atoms with van der Waals surface area (Å²) in [4.78, 5) is 24.4. The molecular weight excluding hydrogens is 244 g/mol. The number of rotatable bonds is 4. The van der Waals surface area contributed by atoms with Crippen LogP contribution in [0.1, 0.15) is 16.9 Å². The van der Waals surface area contributed by atoms with Crippen LogP contribution >= 0.6 is 0 Å². The van der Waals surface area contributed by atoms with E-state index in [1.54, 1.807) is 24.7 Å².